The Morgan fingerprint density at radius 2 is 1.90 bits per heavy atom. The van der Waals surface area contributed by atoms with Crippen molar-refractivity contribution >= 4 is 10.1 Å². The predicted molar refractivity (Wildman–Crippen MR) is 37.4 cm³/mol. The third-order valence-electron chi connectivity index (χ3n) is 1.08. The van der Waals surface area contributed by atoms with E-state index in [4.69, 9.17) is 4.55 Å². The Kier molecular flexibility index (Phi) is 11.2. The van der Waals surface area contributed by atoms with Gasteiger partial charge in [0.2, 0.25) is 0 Å². The van der Waals surface area contributed by atoms with E-state index in [2.05, 4.69) is 0 Å². The first kappa shape index (κ1) is 17.1. The van der Waals surface area contributed by atoms with Crippen LogP contribution in [0, 0.1) is 0 Å². The smallest absolute Gasteiger partial charge is 1.00 e. The zero-order valence-corrected chi connectivity index (χ0v) is 9.48. The quantitative estimate of drug-likeness (QED) is 0.377. The van der Waals surface area contributed by atoms with Crippen LogP contribution in [0.3, 0.4) is 0 Å². The summed E-state index contributed by atoms with van der Waals surface area (Å²) in [5, 5.41) is -0.623. The first-order valence-corrected chi connectivity index (χ1v) is 3.95. The monoisotopic (exact) mass is 179 g/mol. The van der Waals surface area contributed by atoms with Crippen LogP contribution in [-0.4, -0.2) is 18.2 Å². The summed E-state index contributed by atoms with van der Waals surface area (Å²) in [6, 6.07) is 0. The van der Waals surface area contributed by atoms with Crippen molar-refractivity contribution in [2.24, 2.45) is 0 Å². The zero-order chi connectivity index (χ0) is 6.78. The van der Waals surface area contributed by atoms with Crippen LogP contribution in [-0.2, 0) is 10.1 Å². The number of hydrogen-bond donors (Lipinski definition) is 2. The molecule has 0 aliphatic rings. The minimum absolute atomic E-state index is 0. The zero-order valence-electron chi connectivity index (χ0n) is 7.66. The summed E-state index contributed by atoms with van der Waals surface area (Å²) < 4.78 is 28.5. The van der Waals surface area contributed by atoms with Crippen LogP contribution >= 0.6 is 0 Å². The fraction of sp³-hybridized carbons (Fsp3) is 1.00. The Balaban J connectivity index is -0.0000000817. The van der Waals surface area contributed by atoms with Gasteiger partial charge in [0.15, 0.2) is 0 Å². The molecule has 0 aromatic carbocycles. The summed E-state index contributed by atoms with van der Waals surface area (Å²) in [6.07, 6.45) is 0.457. The van der Waals surface area contributed by atoms with Crippen molar-refractivity contribution in [2.75, 3.05) is 0 Å². The van der Waals surface area contributed by atoms with Gasteiger partial charge >= 0.3 is 29.6 Å². The van der Waals surface area contributed by atoms with Gasteiger partial charge in [-0.3, -0.25) is 4.55 Å². The van der Waals surface area contributed by atoms with Gasteiger partial charge in [-0.15, -0.1) is 0 Å². The summed E-state index contributed by atoms with van der Waals surface area (Å²) in [4.78, 5) is 0. The van der Waals surface area contributed by atoms with Crippen LogP contribution in [0.25, 0.3) is 0 Å². The van der Waals surface area contributed by atoms with E-state index in [9.17, 15) is 8.42 Å². The van der Waals surface area contributed by atoms with E-state index >= 15 is 0 Å². The summed E-state index contributed by atoms with van der Waals surface area (Å²) in [7, 11) is -3.75. The van der Waals surface area contributed by atoms with Crippen molar-refractivity contribution in [1.82, 2.24) is 6.15 Å². The summed E-state index contributed by atoms with van der Waals surface area (Å²) in [6.45, 7) is 3.17. The van der Waals surface area contributed by atoms with E-state index in [0.29, 0.717) is 6.42 Å². The van der Waals surface area contributed by atoms with Crippen molar-refractivity contribution in [3.63, 3.8) is 0 Å². The van der Waals surface area contributed by atoms with Crippen LogP contribution in [0.5, 0.6) is 0 Å². The molecule has 0 spiro atoms. The normalized spacial score (nSPS) is 12.7. The minimum Gasteiger partial charge on any atom is -1.00 e. The van der Waals surface area contributed by atoms with E-state index < -0.39 is 15.4 Å². The fourth-order valence-corrected chi connectivity index (χ4v) is 0.632. The molecule has 60 valence electrons. The Labute approximate surface area is 85.5 Å². The van der Waals surface area contributed by atoms with E-state index in [1.165, 1.54) is 6.92 Å². The van der Waals surface area contributed by atoms with Gasteiger partial charge in [-0.25, -0.2) is 0 Å². The molecule has 4 N–H and O–H groups in total. The van der Waals surface area contributed by atoms with Gasteiger partial charge in [0, 0.05) is 0 Å². The molecular formula is C4H14NNaO3S. The molecule has 0 radical (unpaired) electrons. The molecule has 0 rings (SSSR count). The molecule has 1 unspecified atom stereocenters. The largest absolute Gasteiger partial charge is 1.00 e. The predicted octanol–water partition coefficient (Wildman–Crippen LogP) is -2.05. The summed E-state index contributed by atoms with van der Waals surface area (Å²) in [5.74, 6) is 0. The number of rotatable bonds is 2. The summed E-state index contributed by atoms with van der Waals surface area (Å²) >= 11 is 0. The second-order valence-electron chi connectivity index (χ2n) is 1.73. The third kappa shape index (κ3) is 6.98. The van der Waals surface area contributed by atoms with Gasteiger partial charge in [0.05, 0.1) is 5.25 Å². The Hall–Kier alpha value is 0.870. The molecular weight excluding hydrogens is 165 g/mol. The van der Waals surface area contributed by atoms with Crippen LogP contribution in [0.2, 0.25) is 0 Å². The SMILES string of the molecule is CCC(C)S(=O)(=O)O.N.[H-].[Na+]. The molecule has 0 bridgehead atoms. The van der Waals surface area contributed by atoms with Gasteiger partial charge in [-0.05, 0) is 13.3 Å². The Bertz CT molecular complexity index is 161. The van der Waals surface area contributed by atoms with Crippen LogP contribution in [0.4, 0.5) is 0 Å². The maximum absolute atomic E-state index is 10.1. The minimum atomic E-state index is -3.75. The Morgan fingerprint density at radius 3 is 1.90 bits per heavy atom. The number of hydrogen-bond acceptors (Lipinski definition) is 3. The van der Waals surface area contributed by atoms with Crippen LogP contribution < -0.4 is 35.7 Å². The van der Waals surface area contributed by atoms with Gasteiger partial charge in [-0.1, -0.05) is 6.92 Å². The molecule has 1 atom stereocenters. The second-order valence-corrected chi connectivity index (χ2v) is 3.57. The molecule has 0 heterocycles. The van der Waals surface area contributed by atoms with Gasteiger partial charge in [0.25, 0.3) is 10.1 Å². The molecule has 0 saturated carbocycles. The van der Waals surface area contributed by atoms with E-state index in [1.807, 2.05) is 0 Å². The van der Waals surface area contributed by atoms with Crippen molar-refractivity contribution in [3.8, 4) is 0 Å². The maximum atomic E-state index is 10.1. The molecule has 4 nitrogen and oxygen atoms in total. The molecule has 0 saturated heterocycles. The molecule has 0 aliphatic carbocycles. The first-order chi connectivity index (χ1) is 3.48. The fourth-order valence-electron chi connectivity index (χ4n) is 0.211. The molecule has 0 aliphatic heterocycles. The maximum Gasteiger partial charge on any atom is 1.00 e. The van der Waals surface area contributed by atoms with E-state index in [1.54, 1.807) is 6.92 Å². The van der Waals surface area contributed by atoms with Gasteiger partial charge in [0.1, 0.15) is 0 Å². The van der Waals surface area contributed by atoms with Crippen LogP contribution in [0.15, 0.2) is 0 Å². The average Bonchev–Trinajstić information content (AvgIpc) is 1.62. The standard InChI is InChI=1S/C4H10O3S.H3N.Na.H/c1-3-4(2)8(5,6)7;;;/h4H,3H2,1-2H3,(H,5,6,7);1H3;;/q;;+1;-1. The van der Waals surface area contributed by atoms with Gasteiger partial charge < -0.3 is 7.58 Å². The summed E-state index contributed by atoms with van der Waals surface area (Å²) in [5.41, 5.74) is 0. The van der Waals surface area contributed by atoms with Crippen molar-refractivity contribution in [2.45, 2.75) is 25.5 Å². The molecule has 6 heteroatoms. The molecule has 0 aromatic rings. The third-order valence-corrected chi connectivity index (χ3v) is 2.43. The van der Waals surface area contributed by atoms with Crippen molar-refractivity contribution in [1.29, 1.82) is 0 Å². The Morgan fingerprint density at radius 1 is 1.60 bits per heavy atom. The average molecular weight is 179 g/mol. The van der Waals surface area contributed by atoms with Crippen LogP contribution in [0.1, 0.15) is 21.7 Å². The van der Waals surface area contributed by atoms with E-state index in [-0.39, 0.29) is 37.1 Å². The first-order valence-electron chi connectivity index (χ1n) is 2.44. The topological polar surface area (TPSA) is 89.4 Å². The van der Waals surface area contributed by atoms with Crippen molar-refractivity contribution < 1.29 is 44.0 Å². The second kappa shape index (κ2) is 6.57. The van der Waals surface area contributed by atoms with E-state index in [0.717, 1.165) is 0 Å². The molecule has 10 heavy (non-hydrogen) atoms. The molecule has 0 aromatic heterocycles. The van der Waals surface area contributed by atoms with Crippen molar-refractivity contribution in [3.05, 3.63) is 0 Å². The molecule has 0 fully saturated rings. The molecule has 0 amide bonds. The van der Waals surface area contributed by atoms with Gasteiger partial charge in [-0.2, -0.15) is 8.42 Å².